The van der Waals surface area contributed by atoms with E-state index in [9.17, 15) is 0 Å². The third kappa shape index (κ3) is 8.90. The largest absolute Gasteiger partial charge is 0.479 e. The van der Waals surface area contributed by atoms with Crippen LogP contribution >= 0.6 is 0 Å². The van der Waals surface area contributed by atoms with Crippen LogP contribution < -0.4 is 0 Å². The number of methoxy groups -OCH3 is 1. The van der Waals surface area contributed by atoms with Gasteiger partial charge in [-0.3, -0.25) is 0 Å². The second-order valence-corrected chi connectivity index (χ2v) is 11.8. The van der Waals surface area contributed by atoms with Crippen LogP contribution in [0.5, 0.6) is 0 Å². The van der Waals surface area contributed by atoms with Gasteiger partial charge < -0.3 is 19.1 Å². The van der Waals surface area contributed by atoms with Crippen molar-refractivity contribution in [1.29, 1.82) is 0 Å². The zero-order valence-electron chi connectivity index (χ0n) is 22.5. The van der Waals surface area contributed by atoms with Gasteiger partial charge in [0.25, 0.3) is 0 Å². The molecule has 2 saturated carbocycles. The van der Waals surface area contributed by atoms with Crippen LogP contribution in [-0.4, -0.2) is 50.5 Å². The molecule has 0 radical (unpaired) electrons. The highest BCUT2D eigenvalue weighted by molar-refractivity contribution is 4.91. The van der Waals surface area contributed by atoms with Crippen LogP contribution in [0.2, 0.25) is 0 Å². The van der Waals surface area contributed by atoms with Crippen molar-refractivity contribution >= 4 is 0 Å². The minimum absolute atomic E-state index is 0.356. The van der Waals surface area contributed by atoms with Crippen LogP contribution in [0.4, 0.5) is 0 Å². The third-order valence-corrected chi connectivity index (χ3v) is 8.84. The van der Waals surface area contributed by atoms with Gasteiger partial charge in [-0.15, -0.1) is 6.58 Å². The zero-order chi connectivity index (χ0) is 24.3. The number of nitrogens with zero attached hydrogens (tertiary/aromatic N) is 1. The van der Waals surface area contributed by atoms with Gasteiger partial charge in [0.05, 0.1) is 12.7 Å². The molecule has 0 aromatic heterocycles. The molecule has 196 valence electrons. The SMILES string of the molecule is C=CCC1CCC(COC(=C)N2CCC(OCC3CCC(COC)CC3)CC(C)CC2C)CC1. The Bertz CT molecular complexity index is 592. The van der Waals surface area contributed by atoms with Gasteiger partial charge >= 0.3 is 0 Å². The molecule has 1 aliphatic heterocycles. The lowest BCUT2D eigenvalue weighted by molar-refractivity contribution is -0.0242. The summed E-state index contributed by atoms with van der Waals surface area (Å²) in [5.41, 5.74) is 0. The van der Waals surface area contributed by atoms with E-state index in [1.807, 2.05) is 7.11 Å². The van der Waals surface area contributed by atoms with E-state index < -0.39 is 0 Å². The zero-order valence-corrected chi connectivity index (χ0v) is 22.5. The van der Waals surface area contributed by atoms with Crippen LogP contribution in [0.3, 0.4) is 0 Å². The van der Waals surface area contributed by atoms with Crippen molar-refractivity contribution in [2.45, 2.75) is 103 Å². The Morgan fingerprint density at radius 2 is 1.41 bits per heavy atom. The Morgan fingerprint density at radius 3 is 2.03 bits per heavy atom. The Kier molecular flexibility index (Phi) is 11.8. The lowest BCUT2D eigenvalue weighted by Gasteiger charge is -2.39. The summed E-state index contributed by atoms with van der Waals surface area (Å²) in [7, 11) is 1.82. The maximum Gasteiger partial charge on any atom is 0.182 e. The monoisotopic (exact) mass is 475 g/mol. The van der Waals surface area contributed by atoms with Crippen LogP contribution in [-0.2, 0) is 14.2 Å². The van der Waals surface area contributed by atoms with Gasteiger partial charge in [0, 0.05) is 32.9 Å². The fourth-order valence-corrected chi connectivity index (χ4v) is 6.64. The predicted octanol–water partition coefficient (Wildman–Crippen LogP) is 7.21. The Balaban J connectivity index is 1.41. The van der Waals surface area contributed by atoms with Crippen LogP contribution in [0.25, 0.3) is 0 Å². The third-order valence-electron chi connectivity index (χ3n) is 8.84. The second kappa shape index (κ2) is 14.5. The maximum absolute atomic E-state index is 6.54. The van der Waals surface area contributed by atoms with Crippen LogP contribution in [0.1, 0.15) is 90.9 Å². The Hall–Kier alpha value is -1.00. The average Bonchev–Trinajstić information content (AvgIpc) is 2.82. The quantitative estimate of drug-likeness (QED) is 0.233. The summed E-state index contributed by atoms with van der Waals surface area (Å²) < 4.78 is 18.2. The molecular formula is C30H53NO3. The highest BCUT2D eigenvalue weighted by Gasteiger charge is 2.28. The van der Waals surface area contributed by atoms with E-state index >= 15 is 0 Å². The first-order valence-electron chi connectivity index (χ1n) is 14.3. The molecule has 0 N–H and O–H groups in total. The standard InChI is InChI=1S/C30H53NO3/c1-6-7-26-8-10-28(11-9-26)21-33-25(4)31-17-16-30(19-23(2)18-24(31)3)34-22-29-14-12-27(13-15-29)20-32-5/h6,23-24,26-30H,1,4,7-22H2,2-3,5H3. The molecule has 4 heteroatoms. The number of allylic oxidation sites excluding steroid dienone is 1. The summed E-state index contributed by atoms with van der Waals surface area (Å²) in [6, 6.07) is 0.475. The minimum Gasteiger partial charge on any atom is -0.479 e. The van der Waals surface area contributed by atoms with Gasteiger partial charge in [-0.05, 0) is 120 Å². The van der Waals surface area contributed by atoms with E-state index in [1.165, 1.54) is 70.6 Å². The molecule has 3 atom stereocenters. The van der Waals surface area contributed by atoms with E-state index in [-0.39, 0.29) is 0 Å². The first-order valence-corrected chi connectivity index (χ1v) is 14.3. The second-order valence-electron chi connectivity index (χ2n) is 11.8. The fourth-order valence-electron chi connectivity index (χ4n) is 6.64. The summed E-state index contributed by atoms with van der Waals surface area (Å²) >= 11 is 0. The smallest absolute Gasteiger partial charge is 0.182 e. The number of hydrogen-bond acceptors (Lipinski definition) is 4. The normalized spacial score (nSPS) is 35.3. The van der Waals surface area contributed by atoms with E-state index in [2.05, 4.69) is 38.0 Å². The molecule has 3 fully saturated rings. The van der Waals surface area contributed by atoms with Gasteiger partial charge in [-0.2, -0.15) is 0 Å². The van der Waals surface area contributed by atoms with Gasteiger partial charge in [-0.1, -0.05) is 13.0 Å². The molecule has 1 saturated heterocycles. The molecule has 0 aromatic rings. The number of ether oxygens (including phenoxy) is 3. The summed E-state index contributed by atoms with van der Waals surface area (Å²) in [6.45, 7) is 16.7. The molecule has 3 rings (SSSR count). The minimum atomic E-state index is 0.356. The predicted molar refractivity (Wildman–Crippen MR) is 142 cm³/mol. The van der Waals surface area contributed by atoms with Crippen LogP contribution in [0.15, 0.2) is 25.1 Å². The van der Waals surface area contributed by atoms with Crippen molar-refractivity contribution in [3.8, 4) is 0 Å². The average molecular weight is 476 g/mol. The molecular weight excluding hydrogens is 422 g/mol. The van der Waals surface area contributed by atoms with Crippen molar-refractivity contribution in [2.24, 2.45) is 29.6 Å². The molecule has 1 heterocycles. The first kappa shape index (κ1) is 27.6. The molecule has 34 heavy (non-hydrogen) atoms. The molecule has 2 aliphatic carbocycles. The van der Waals surface area contributed by atoms with Gasteiger partial charge in [-0.25, -0.2) is 0 Å². The van der Waals surface area contributed by atoms with Crippen molar-refractivity contribution in [3.05, 3.63) is 25.1 Å². The summed E-state index contributed by atoms with van der Waals surface area (Å²) in [5.74, 6) is 4.54. The Labute approximate surface area is 210 Å². The van der Waals surface area contributed by atoms with Gasteiger partial charge in [0.2, 0.25) is 0 Å². The summed E-state index contributed by atoms with van der Waals surface area (Å²) in [6.07, 6.45) is 17.4. The van der Waals surface area contributed by atoms with Gasteiger partial charge in [0.15, 0.2) is 5.88 Å². The first-order chi connectivity index (χ1) is 16.5. The maximum atomic E-state index is 6.54. The molecule has 0 bridgehead atoms. The lowest BCUT2D eigenvalue weighted by atomic mass is 9.81. The number of rotatable bonds is 11. The molecule has 0 spiro atoms. The molecule has 4 nitrogen and oxygen atoms in total. The number of hydrogen-bond donors (Lipinski definition) is 0. The van der Waals surface area contributed by atoms with E-state index in [0.29, 0.717) is 24.0 Å². The fraction of sp³-hybridized carbons (Fsp3) is 0.867. The van der Waals surface area contributed by atoms with Crippen molar-refractivity contribution in [3.63, 3.8) is 0 Å². The van der Waals surface area contributed by atoms with Crippen molar-refractivity contribution in [2.75, 3.05) is 33.5 Å². The van der Waals surface area contributed by atoms with Gasteiger partial charge in [0.1, 0.15) is 0 Å². The summed E-state index contributed by atoms with van der Waals surface area (Å²) in [5, 5.41) is 0. The number of likely N-dealkylation sites (tertiary alicyclic amines) is 1. The van der Waals surface area contributed by atoms with Crippen molar-refractivity contribution < 1.29 is 14.2 Å². The Morgan fingerprint density at radius 1 is 0.824 bits per heavy atom. The topological polar surface area (TPSA) is 30.9 Å². The van der Waals surface area contributed by atoms with Crippen LogP contribution in [0, 0.1) is 29.6 Å². The summed E-state index contributed by atoms with van der Waals surface area (Å²) in [4.78, 5) is 2.42. The van der Waals surface area contributed by atoms with E-state index in [0.717, 1.165) is 56.4 Å². The van der Waals surface area contributed by atoms with E-state index in [4.69, 9.17) is 14.2 Å². The highest BCUT2D eigenvalue weighted by atomic mass is 16.5. The molecule has 3 unspecified atom stereocenters. The highest BCUT2D eigenvalue weighted by Crippen LogP contribution is 2.33. The molecule has 3 aliphatic rings. The molecule has 0 aromatic carbocycles. The molecule has 0 amide bonds. The van der Waals surface area contributed by atoms with Crippen molar-refractivity contribution in [1.82, 2.24) is 4.90 Å². The lowest BCUT2D eigenvalue weighted by Crippen LogP contribution is -2.40. The van der Waals surface area contributed by atoms with E-state index in [1.54, 1.807) is 0 Å².